The number of allylic oxidation sites excluding steroid dienone is 16. The van der Waals surface area contributed by atoms with Gasteiger partial charge in [0.2, 0.25) is 0 Å². The number of unbranched alkanes of at least 4 members (excludes halogenated alkanes) is 32. The normalized spacial score (nSPS) is 13.5. The SMILES string of the molecule is CCCCC/C=C\C(C)/C=C\CCCCCCCC(=O)O.CCCCC/C=C\C(C)/C=C\CCCCCCCC(=O)O.CCCCC/C=C\C/C=C\CCCCCCCC(=O)O.[2H]C([2H])(/C=C\CCCCC)/C=C\CCCCCCCC(=O)O.[2H][B-]([2H])([2H])[2H].[Na+]. The molecule has 4 N–H and O–H groups in total. The predicted octanol–water partition coefficient (Wildman–Crippen LogP) is 19.6. The smallest absolute Gasteiger partial charge is 0.481 e. The van der Waals surface area contributed by atoms with Gasteiger partial charge in [0, 0.05) is 28.4 Å². The van der Waals surface area contributed by atoms with E-state index in [1.165, 1.54) is 135 Å². The zero-order valence-corrected chi connectivity index (χ0v) is 57.7. The van der Waals surface area contributed by atoms with Gasteiger partial charge in [0.15, 0.2) is 0 Å². The van der Waals surface area contributed by atoms with Crippen molar-refractivity contribution in [2.75, 3.05) is 0 Å². The summed E-state index contributed by atoms with van der Waals surface area (Å²) in [6.07, 6.45) is 81.2. The minimum absolute atomic E-state index is 0. The minimum atomic E-state index is -3.00. The molecule has 0 aliphatic rings. The molecule has 0 saturated heterocycles. The summed E-state index contributed by atoms with van der Waals surface area (Å²) in [5.74, 6) is -1.64. The molecule has 0 heterocycles. The van der Waals surface area contributed by atoms with Gasteiger partial charge in [0.05, 0.1) is 0 Å². The van der Waals surface area contributed by atoms with Crippen molar-refractivity contribution < 1.29 is 71.9 Å². The fraction of sp³-hybridized carbons (Fsp3) is 0.730. The van der Waals surface area contributed by atoms with Gasteiger partial charge in [-0.3, -0.25) is 19.2 Å². The predicted molar refractivity (Wildman–Crippen MR) is 368 cm³/mol. The summed E-state index contributed by atoms with van der Waals surface area (Å²) in [7, 11) is -3.00. The number of hydrogen-bond donors (Lipinski definition) is 4. The van der Waals surface area contributed by atoms with Crippen molar-refractivity contribution in [2.24, 2.45) is 11.8 Å². The van der Waals surface area contributed by atoms with Crippen molar-refractivity contribution in [2.45, 2.75) is 337 Å². The van der Waals surface area contributed by atoms with Gasteiger partial charge >= 0.3 is 53.4 Å². The molecule has 484 valence electrons. The van der Waals surface area contributed by atoms with E-state index >= 15 is 0 Å². The Bertz CT molecular complexity index is 1730. The quantitative estimate of drug-likeness (QED) is 0.0267. The van der Waals surface area contributed by atoms with Crippen LogP contribution in [0.15, 0.2) is 97.2 Å². The standard InChI is InChI=1S/2C19H34O2.2C18H32O2.BH4.Na/c2*1-3-4-5-9-12-15-18(2)16-13-10-7-6-8-11-14-17-19(20)21;2*1-2-3-4-5-6-7-8-9-10-11-12-13-14-15-16-17-18(19)20;;/h2*12-13,15-16,18H,3-11,14,17H2,1-2H3,(H,20,21);2*6-7,9-10H,2-5,8,11-17H2,1H3,(H,19,20);1H4;/q;;;;-1;+1/b2*15-12-,16-13-;2*7-6-,10-9-;;/i;;8D2;;1D4;. The first-order valence-electron chi connectivity index (χ1n) is 37.1. The summed E-state index contributed by atoms with van der Waals surface area (Å²) in [6.45, 7) is 13.3. The van der Waals surface area contributed by atoms with E-state index < -0.39 is 38.5 Å². The number of carboxylic acids is 4. The Morgan fingerprint density at radius 1 is 0.321 bits per heavy atom. The van der Waals surface area contributed by atoms with Gasteiger partial charge < -0.3 is 20.4 Å². The Morgan fingerprint density at radius 3 is 0.738 bits per heavy atom. The maximum atomic E-state index is 10.3. The fourth-order valence-electron chi connectivity index (χ4n) is 8.56. The van der Waals surface area contributed by atoms with Crippen molar-refractivity contribution in [3.63, 3.8) is 0 Å². The van der Waals surface area contributed by atoms with Crippen LogP contribution >= 0.6 is 0 Å². The molecule has 0 radical (unpaired) electrons. The average molecular weight is 1190 g/mol. The van der Waals surface area contributed by atoms with Crippen molar-refractivity contribution in [1.82, 2.24) is 0 Å². The molecule has 2 unspecified atom stereocenters. The molecule has 0 aromatic heterocycles. The average Bonchev–Trinajstić information content (AvgIpc) is 3.55. The Labute approximate surface area is 552 Å². The largest absolute Gasteiger partial charge is 1.00 e. The van der Waals surface area contributed by atoms with Crippen LogP contribution in [-0.4, -0.2) is 57.9 Å². The van der Waals surface area contributed by atoms with Crippen LogP contribution in [-0.2, 0) is 19.2 Å². The van der Waals surface area contributed by atoms with Gasteiger partial charge in [-0.05, 0) is 153 Å². The third kappa shape index (κ3) is 101. The van der Waals surface area contributed by atoms with Crippen molar-refractivity contribution in [1.29, 1.82) is 5.34 Å². The van der Waals surface area contributed by atoms with Gasteiger partial charge in [-0.15, -0.1) is 0 Å². The molecule has 0 spiro atoms. The van der Waals surface area contributed by atoms with Gasteiger partial charge in [-0.25, -0.2) is 5.34 Å². The molecule has 0 aliphatic carbocycles. The summed E-state index contributed by atoms with van der Waals surface area (Å²) in [6, 6.07) is 0. The summed E-state index contributed by atoms with van der Waals surface area (Å²) in [4.78, 5) is 41.4. The molecule has 8 nitrogen and oxygen atoms in total. The second-order valence-corrected chi connectivity index (χ2v) is 22.4. The number of rotatable bonds is 56. The molecule has 0 bridgehead atoms. The maximum absolute atomic E-state index is 10.3. The summed E-state index contributed by atoms with van der Waals surface area (Å²) in [5, 5.41) is 34.1. The molecule has 10 heteroatoms. The van der Waals surface area contributed by atoms with E-state index in [0.29, 0.717) is 31.1 Å². The summed E-state index contributed by atoms with van der Waals surface area (Å²) < 4.78 is 39.7. The van der Waals surface area contributed by atoms with E-state index in [4.69, 9.17) is 28.5 Å². The van der Waals surface area contributed by atoms with Crippen LogP contribution in [0, 0.1) is 11.8 Å². The van der Waals surface area contributed by atoms with Crippen LogP contribution in [0.25, 0.3) is 0 Å². The molecule has 0 amide bonds. The van der Waals surface area contributed by atoms with Crippen molar-refractivity contribution in [3.8, 4) is 0 Å². The van der Waals surface area contributed by atoms with Crippen LogP contribution in [0.2, 0.25) is 0 Å². The minimum Gasteiger partial charge on any atom is -0.481 e. The maximum Gasteiger partial charge on any atom is 1.00 e. The van der Waals surface area contributed by atoms with E-state index in [-0.39, 0.29) is 36.0 Å². The number of carbonyl (C=O) groups is 4. The van der Waals surface area contributed by atoms with Crippen LogP contribution in [0.5, 0.6) is 0 Å². The van der Waals surface area contributed by atoms with E-state index in [2.05, 4.69) is 114 Å². The van der Waals surface area contributed by atoms with Gasteiger partial charge in [-0.2, -0.15) is 0 Å². The second kappa shape index (κ2) is 84.1. The van der Waals surface area contributed by atoms with Crippen molar-refractivity contribution >= 4 is 32.1 Å². The van der Waals surface area contributed by atoms with E-state index in [0.717, 1.165) is 128 Å². The molecule has 0 fully saturated rings. The first-order valence-corrected chi connectivity index (χ1v) is 33.8. The summed E-state index contributed by atoms with van der Waals surface area (Å²) in [5.41, 5.74) is 0. The summed E-state index contributed by atoms with van der Waals surface area (Å²) >= 11 is 0. The number of hydrogen-bond acceptors (Lipinski definition) is 4. The fourth-order valence-corrected chi connectivity index (χ4v) is 8.56. The van der Waals surface area contributed by atoms with Crippen LogP contribution in [0.1, 0.15) is 340 Å². The Balaban J connectivity index is -0.000000253. The first kappa shape index (κ1) is 78.9. The third-order valence-corrected chi connectivity index (χ3v) is 13.7. The molecule has 2 atom stereocenters. The molecule has 0 rings (SSSR count). The first-order chi connectivity index (χ1) is 42.6. The zero-order valence-electron chi connectivity index (χ0n) is 61.7. The zero-order chi connectivity index (χ0) is 67.6. The third-order valence-electron chi connectivity index (χ3n) is 13.7. The van der Waals surface area contributed by atoms with E-state index in [1.807, 2.05) is 12.2 Å². The van der Waals surface area contributed by atoms with E-state index in [1.54, 1.807) is 12.2 Å². The molecular weight excluding hydrogens is 1050 g/mol. The van der Waals surface area contributed by atoms with Gasteiger partial charge in [0.1, 0.15) is 0 Å². The molecule has 0 aromatic rings. The molecular formula is C74H136BNaO8. The van der Waals surface area contributed by atoms with Crippen molar-refractivity contribution in [3.05, 3.63) is 97.2 Å². The monoisotopic (exact) mass is 1190 g/mol. The van der Waals surface area contributed by atoms with Gasteiger partial charge in [0.25, 0.3) is 0 Å². The molecule has 84 heavy (non-hydrogen) atoms. The molecule has 0 saturated carbocycles. The Kier molecular flexibility index (Phi) is 78.9. The topological polar surface area (TPSA) is 149 Å². The van der Waals surface area contributed by atoms with E-state index in [9.17, 15) is 19.2 Å². The Hall–Kier alpha value is -3.14. The number of aliphatic carboxylic acids is 4. The van der Waals surface area contributed by atoms with Crippen LogP contribution in [0.4, 0.5) is 0 Å². The molecule has 0 aromatic carbocycles. The Morgan fingerprint density at radius 2 is 0.512 bits per heavy atom. The molecule has 0 aliphatic heterocycles. The number of carboxylic acid groups (broad SMARTS) is 4. The second-order valence-electron chi connectivity index (χ2n) is 22.4. The van der Waals surface area contributed by atoms with Gasteiger partial charge in [-0.1, -0.05) is 275 Å². The van der Waals surface area contributed by atoms with Crippen LogP contribution in [0.3, 0.4) is 0 Å². The van der Waals surface area contributed by atoms with Crippen LogP contribution < -0.4 is 29.6 Å².